The molecule has 5 heteroatoms. The molecule has 1 N–H and O–H groups in total. The van der Waals surface area contributed by atoms with Crippen molar-refractivity contribution in [2.75, 3.05) is 0 Å². The lowest BCUT2D eigenvalue weighted by atomic mass is 10.0. The summed E-state index contributed by atoms with van der Waals surface area (Å²) in [6.45, 7) is 7.28. The second-order valence-corrected chi connectivity index (χ2v) is 7.65. The van der Waals surface area contributed by atoms with Gasteiger partial charge in [-0.3, -0.25) is 4.79 Å². The Morgan fingerprint density at radius 1 is 1.26 bits per heavy atom. The lowest BCUT2D eigenvalue weighted by Gasteiger charge is -2.11. The number of rotatable bonds is 6. The number of nitrogens with one attached hydrogen (secondary N) is 1. The van der Waals surface area contributed by atoms with Crippen molar-refractivity contribution in [3.63, 3.8) is 0 Å². The summed E-state index contributed by atoms with van der Waals surface area (Å²) in [7, 11) is 0. The van der Waals surface area contributed by atoms with Crippen LogP contribution in [0.25, 0.3) is 0 Å². The van der Waals surface area contributed by atoms with Gasteiger partial charge in [-0.15, -0.1) is 5.10 Å². The minimum atomic E-state index is 0.155. The summed E-state index contributed by atoms with van der Waals surface area (Å²) in [5.41, 5.74) is 2.58. The van der Waals surface area contributed by atoms with Crippen molar-refractivity contribution in [3.8, 4) is 0 Å². The molecule has 0 aliphatic heterocycles. The molecule has 0 radical (unpaired) electrons. The second-order valence-electron chi connectivity index (χ2n) is 7.65. The molecule has 1 heterocycles. The number of amides is 1. The van der Waals surface area contributed by atoms with Crippen LogP contribution >= 0.6 is 0 Å². The molecule has 1 saturated carbocycles. The van der Waals surface area contributed by atoms with E-state index in [4.69, 9.17) is 0 Å². The van der Waals surface area contributed by atoms with Crippen molar-refractivity contribution in [2.24, 2.45) is 17.8 Å². The first-order valence-corrected chi connectivity index (χ1v) is 9.27. The predicted molar refractivity (Wildman–Crippen MR) is 89.9 cm³/mol. The molecule has 2 aliphatic carbocycles. The monoisotopic (exact) mass is 318 g/mol. The Morgan fingerprint density at radius 3 is 2.74 bits per heavy atom. The Bertz CT molecular complexity index is 551. The molecule has 1 fully saturated rings. The number of unbranched alkanes of at least 4 members (excludes halogenated alkanes) is 1. The van der Waals surface area contributed by atoms with Crippen LogP contribution in [-0.4, -0.2) is 26.9 Å². The first-order valence-electron chi connectivity index (χ1n) is 9.27. The average Bonchev–Trinajstić information content (AvgIpc) is 2.89. The van der Waals surface area contributed by atoms with Crippen LogP contribution in [0.5, 0.6) is 0 Å². The highest BCUT2D eigenvalue weighted by Gasteiger charge is 2.46. The summed E-state index contributed by atoms with van der Waals surface area (Å²) in [5.74, 6) is 2.95. The van der Waals surface area contributed by atoms with Crippen LogP contribution in [0.3, 0.4) is 0 Å². The highest BCUT2D eigenvalue weighted by Crippen LogP contribution is 2.52. The van der Waals surface area contributed by atoms with Crippen molar-refractivity contribution in [3.05, 3.63) is 11.4 Å². The first-order chi connectivity index (χ1) is 11.1. The molecule has 2 aliphatic rings. The summed E-state index contributed by atoms with van der Waals surface area (Å²) in [5, 5.41) is 11.7. The number of carbonyl (C=O) groups excluding carboxylic acids is 1. The van der Waals surface area contributed by atoms with Crippen LogP contribution < -0.4 is 5.32 Å². The van der Waals surface area contributed by atoms with Crippen molar-refractivity contribution in [2.45, 2.75) is 78.3 Å². The van der Waals surface area contributed by atoms with Gasteiger partial charge in [-0.1, -0.05) is 12.1 Å². The van der Waals surface area contributed by atoms with Crippen molar-refractivity contribution < 1.29 is 4.79 Å². The minimum absolute atomic E-state index is 0.155. The number of hydrogen-bond acceptors (Lipinski definition) is 3. The zero-order chi connectivity index (χ0) is 16.4. The fourth-order valence-corrected chi connectivity index (χ4v) is 4.15. The van der Waals surface area contributed by atoms with Crippen molar-refractivity contribution in [1.82, 2.24) is 20.3 Å². The van der Waals surface area contributed by atoms with Crippen LogP contribution in [-0.2, 0) is 24.2 Å². The predicted octanol–water partition coefficient (Wildman–Crippen LogP) is 2.73. The van der Waals surface area contributed by atoms with Gasteiger partial charge in [0, 0.05) is 19.0 Å². The molecule has 3 rings (SSSR count). The van der Waals surface area contributed by atoms with Gasteiger partial charge in [0.1, 0.15) is 0 Å². The van der Waals surface area contributed by atoms with E-state index in [-0.39, 0.29) is 11.9 Å². The van der Waals surface area contributed by atoms with Gasteiger partial charge in [0.25, 0.3) is 0 Å². The Labute approximate surface area is 139 Å². The van der Waals surface area contributed by atoms with Crippen LogP contribution in [0, 0.1) is 17.8 Å². The molecule has 1 amide bonds. The molecule has 0 bridgehead atoms. The fraction of sp³-hybridized carbons (Fsp3) is 0.833. The minimum Gasteiger partial charge on any atom is -0.354 e. The highest BCUT2D eigenvalue weighted by atomic mass is 16.1. The van der Waals surface area contributed by atoms with Crippen molar-refractivity contribution >= 4 is 5.91 Å². The Hall–Kier alpha value is -1.39. The number of nitrogens with zero attached hydrogens (tertiary/aromatic N) is 3. The van der Waals surface area contributed by atoms with Gasteiger partial charge in [0.05, 0.1) is 11.4 Å². The van der Waals surface area contributed by atoms with E-state index in [0.29, 0.717) is 6.42 Å². The van der Waals surface area contributed by atoms with Gasteiger partial charge >= 0.3 is 0 Å². The van der Waals surface area contributed by atoms with E-state index in [1.54, 1.807) is 0 Å². The molecule has 1 aromatic heterocycles. The number of carbonyl (C=O) groups is 1. The molecular weight excluding hydrogens is 288 g/mol. The largest absolute Gasteiger partial charge is 0.354 e. The maximum absolute atomic E-state index is 11.7. The third-order valence-corrected chi connectivity index (χ3v) is 5.58. The highest BCUT2D eigenvalue weighted by molar-refractivity contribution is 5.76. The Balaban J connectivity index is 1.47. The standard InChI is InChI=1S/C18H30N4O/c1-12(2)19-18(23)6-4-5-11-22-17-10-8-15-13(3)14(15)7-9-16(17)20-21-22/h12-15H,4-11H2,1-3H3,(H,19,23). The molecule has 0 saturated heterocycles. The topological polar surface area (TPSA) is 59.8 Å². The summed E-state index contributed by atoms with van der Waals surface area (Å²) < 4.78 is 2.10. The number of fused-ring (bicyclic) bond motifs is 2. The fourth-order valence-electron chi connectivity index (χ4n) is 4.15. The van der Waals surface area contributed by atoms with Crippen LogP contribution in [0.2, 0.25) is 0 Å². The molecule has 3 unspecified atom stereocenters. The van der Waals surface area contributed by atoms with Gasteiger partial charge in [0.2, 0.25) is 5.91 Å². The lowest BCUT2D eigenvalue weighted by molar-refractivity contribution is -0.121. The van der Waals surface area contributed by atoms with Gasteiger partial charge in [-0.05, 0) is 70.1 Å². The van der Waals surface area contributed by atoms with Crippen molar-refractivity contribution in [1.29, 1.82) is 0 Å². The molecule has 23 heavy (non-hydrogen) atoms. The maximum Gasteiger partial charge on any atom is 0.220 e. The van der Waals surface area contributed by atoms with E-state index in [9.17, 15) is 4.79 Å². The third kappa shape index (κ3) is 3.93. The molecule has 0 spiro atoms. The van der Waals surface area contributed by atoms with E-state index >= 15 is 0 Å². The van der Waals surface area contributed by atoms with Gasteiger partial charge in [-0.25, -0.2) is 4.68 Å². The van der Waals surface area contributed by atoms with Gasteiger partial charge in [0.15, 0.2) is 0 Å². The third-order valence-electron chi connectivity index (χ3n) is 5.58. The van der Waals surface area contributed by atoms with Crippen LogP contribution in [0.4, 0.5) is 0 Å². The molecule has 0 aromatic carbocycles. The zero-order valence-electron chi connectivity index (χ0n) is 14.7. The summed E-state index contributed by atoms with van der Waals surface area (Å²) in [6, 6.07) is 0.228. The maximum atomic E-state index is 11.7. The zero-order valence-corrected chi connectivity index (χ0v) is 14.7. The van der Waals surface area contributed by atoms with Gasteiger partial charge in [-0.2, -0.15) is 0 Å². The SMILES string of the molecule is CC(C)NC(=O)CCCCn1nnc2c1CCC1C(C)C1CC2. The van der Waals surface area contributed by atoms with E-state index in [1.165, 1.54) is 24.2 Å². The molecular formula is C18H30N4O. The van der Waals surface area contributed by atoms with E-state index in [1.807, 2.05) is 13.8 Å². The summed E-state index contributed by atoms with van der Waals surface area (Å²) in [4.78, 5) is 11.7. The number of aromatic nitrogens is 3. The van der Waals surface area contributed by atoms with E-state index in [0.717, 1.165) is 50.0 Å². The van der Waals surface area contributed by atoms with Crippen LogP contribution in [0.15, 0.2) is 0 Å². The Morgan fingerprint density at radius 2 is 2.00 bits per heavy atom. The first kappa shape index (κ1) is 16.5. The smallest absolute Gasteiger partial charge is 0.220 e. The Kier molecular flexibility index (Phi) is 5.02. The van der Waals surface area contributed by atoms with E-state index in [2.05, 4.69) is 27.2 Å². The molecule has 5 nitrogen and oxygen atoms in total. The quantitative estimate of drug-likeness (QED) is 0.821. The number of hydrogen-bond donors (Lipinski definition) is 1. The molecule has 1 aromatic rings. The lowest BCUT2D eigenvalue weighted by Crippen LogP contribution is -2.29. The summed E-state index contributed by atoms with van der Waals surface area (Å²) in [6.07, 6.45) is 7.31. The number of aryl methyl sites for hydroxylation is 2. The molecule has 3 atom stereocenters. The van der Waals surface area contributed by atoms with Crippen LogP contribution in [0.1, 0.15) is 64.3 Å². The summed E-state index contributed by atoms with van der Waals surface area (Å²) >= 11 is 0. The van der Waals surface area contributed by atoms with E-state index < -0.39 is 0 Å². The molecule has 128 valence electrons. The second kappa shape index (κ2) is 7.02. The average molecular weight is 318 g/mol. The normalized spacial score (nSPS) is 26.2. The van der Waals surface area contributed by atoms with Gasteiger partial charge < -0.3 is 5.32 Å².